The predicted octanol–water partition coefficient (Wildman–Crippen LogP) is 1.70. The zero-order chi connectivity index (χ0) is 12.7. The van der Waals surface area contributed by atoms with Crippen molar-refractivity contribution in [2.75, 3.05) is 13.2 Å². The average Bonchev–Trinajstić information content (AvgIpc) is 2.76. The van der Waals surface area contributed by atoms with Gasteiger partial charge in [-0.1, -0.05) is 0 Å². The zero-order valence-corrected chi connectivity index (χ0v) is 11.6. The van der Waals surface area contributed by atoms with Gasteiger partial charge in [0.05, 0.1) is 18.2 Å². The van der Waals surface area contributed by atoms with Gasteiger partial charge in [0.1, 0.15) is 12.0 Å². The summed E-state index contributed by atoms with van der Waals surface area (Å²) in [5.74, 6) is 0.469. The van der Waals surface area contributed by atoms with Crippen LogP contribution in [0, 0.1) is 0 Å². The van der Waals surface area contributed by atoms with E-state index in [0.29, 0.717) is 31.0 Å². The van der Waals surface area contributed by atoms with Gasteiger partial charge in [-0.3, -0.25) is 4.79 Å². The molecule has 0 saturated carbocycles. The van der Waals surface area contributed by atoms with E-state index in [1.54, 1.807) is 6.07 Å². The number of ether oxygens (including phenoxy) is 1. The van der Waals surface area contributed by atoms with E-state index < -0.39 is 0 Å². The molecule has 6 heteroatoms. The number of hydrogen-bond acceptors (Lipinski definition) is 4. The van der Waals surface area contributed by atoms with Crippen LogP contribution in [-0.4, -0.2) is 25.2 Å². The van der Waals surface area contributed by atoms with Crippen LogP contribution in [0.4, 0.5) is 0 Å². The minimum Gasteiger partial charge on any atom is -0.467 e. The van der Waals surface area contributed by atoms with Gasteiger partial charge in [-0.25, -0.2) is 0 Å². The molecule has 0 unspecified atom stereocenters. The number of furan rings is 1. The van der Waals surface area contributed by atoms with E-state index in [-0.39, 0.29) is 24.4 Å². The zero-order valence-electron chi connectivity index (χ0n) is 10.8. The van der Waals surface area contributed by atoms with Crippen molar-refractivity contribution < 1.29 is 13.9 Å². The molecule has 1 aromatic heterocycles. The summed E-state index contributed by atoms with van der Waals surface area (Å²) in [5, 5.41) is 2.79. The number of hydrogen-bond donors (Lipinski definition) is 2. The minimum absolute atomic E-state index is 0. The van der Waals surface area contributed by atoms with Crippen LogP contribution in [-0.2, 0) is 11.3 Å². The van der Waals surface area contributed by atoms with Gasteiger partial charge in [-0.15, -0.1) is 12.4 Å². The van der Waals surface area contributed by atoms with E-state index in [2.05, 4.69) is 5.32 Å². The van der Waals surface area contributed by atoms with Crippen LogP contribution in [0.25, 0.3) is 0 Å². The smallest absolute Gasteiger partial charge is 0.254 e. The second-order valence-electron chi connectivity index (χ2n) is 4.03. The van der Waals surface area contributed by atoms with E-state index in [0.717, 1.165) is 6.42 Å². The lowest BCUT2D eigenvalue weighted by molar-refractivity contribution is 0.0757. The minimum atomic E-state index is -0.141. The summed E-state index contributed by atoms with van der Waals surface area (Å²) in [6, 6.07) is 1.65. The Morgan fingerprint density at radius 2 is 2.28 bits per heavy atom. The summed E-state index contributed by atoms with van der Waals surface area (Å²) in [6.07, 6.45) is 2.44. The summed E-state index contributed by atoms with van der Waals surface area (Å²) < 4.78 is 10.4. The Kier molecular flexibility index (Phi) is 8.45. The van der Waals surface area contributed by atoms with Crippen LogP contribution >= 0.6 is 12.4 Å². The Balaban J connectivity index is 0.00000289. The Labute approximate surface area is 113 Å². The van der Waals surface area contributed by atoms with Gasteiger partial charge in [0.2, 0.25) is 0 Å². The number of rotatable bonds is 7. The van der Waals surface area contributed by atoms with Gasteiger partial charge in [0, 0.05) is 13.2 Å². The molecule has 0 aliphatic carbocycles. The van der Waals surface area contributed by atoms with Crippen LogP contribution in [0.1, 0.15) is 36.4 Å². The molecule has 0 aromatic carbocycles. The summed E-state index contributed by atoms with van der Waals surface area (Å²) in [6.45, 7) is 5.51. The highest BCUT2D eigenvalue weighted by Gasteiger charge is 2.08. The molecule has 1 aromatic rings. The molecule has 0 aliphatic rings. The molecule has 104 valence electrons. The Morgan fingerprint density at radius 1 is 1.56 bits per heavy atom. The molecule has 18 heavy (non-hydrogen) atoms. The maximum atomic E-state index is 11.6. The van der Waals surface area contributed by atoms with E-state index in [9.17, 15) is 4.79 Å². The number of amides is 1. The largest absolute Gasteiger partial charge is 0.467 e. The average molecular weight is 277 g/mol. The molecular formula is C12H21ClN2O3. The lowest BCUT2D eigenvalue weighted by Crippen LogP contribution is -2.25. The Hall–Kier alpha value is -1.04. The number of carbonyl (C=O) groups is 1. The lowest BCUT2D eigenvalue weighted by Gasteiger charge is -2.07. The number of carbonyl (C=O) groups excluding carboxylic acids is 1. The van der Waals surface area contributed by atoms with E-state index in [1.165, 1.54) is 6.26 Å². The van der Waals surface area contributed by atoms with Crippen molar-refractivity contribution in [2.24, 2.45) is 5.73 Å². The molecule has 0 fully saturated rings. The fraction of sp³-hybridized carbons (Fsp3) is 0.583. The van der Waals surface area contributed by atoms with E-state index in [4.69, 9.17) is 14.9 Å². The number of nitrogens with two attached hydrogens (primary N) is 1. The maximum Gasteiger partial charge on any atom is 0.254 e. The number of halogens is 1. The molecule has 1 heterocycles. The monoisotopic (exact) mass is 276 g/mol. The summed E-state index contributed by atoms with van der Waals surface area (Å²) in [7, 11) is 0. The normalized spacial score (nSPS) is 10.2. The van der Waals surface area contributed by atoms with Crippen LogP contribution in [0.5, 0.6) is 0 Å². The van der Waals surface area contributed by atoms with Crippen LogP contribution in [0.15, 0.2) is 16.7 Å². The first-order valence-electron chi connectivity index (χ1n) is 5.80. The highest BCUT2D eigenvalue weighted by molar-refractivity contribution is 5.93. The van der Waals surface area contributed by atoms with E-state index >= 15 is 0 Å². The molecule has 0 spiro atoms. The molecule has 5 nitrogen and oxygen atoms in total. The third-order valence-electron chi connectivity index (χ3n) is 2.17. The molecule has 1 rings (SSSR count). The van der Waals surface area contributed by atoms with Crippen LogP contribution in [0.3, 0.4) is 0 Å². The first-order valence-corrected chi connectivity index (χ1v) is 5.80. The Bertz CT molecular complexity index is 353. The number of nitrogens with one attached hydrogen (secondary N) is 1. The Morgan fingerprint density at radius 3 is 2.83 bits per heavy atom. The molecule has 0 aliphatic heterocycles. The third kappa shape index (κ3) is 6.05. The SMILES string of the molecule is CC(C)OCCCNC(=O)c1coc(CN)c1.Cl. The van der Waals surface area contributed by atoms with Crippen molar-refractivity contribution in [3.05, 3.63) is 23.7 Å². The lowest BCUT2D eigenvalue weighted by atomic mass is 10.3. The van der Waals surface area contributed by atoms with Crippen molar-refractivity contribution in [2.45, 2.75) is 32.9 Å². The topological polar surface area (TPSA) is 77.5 Å². The predicted molar refractivity (Wildman–Crippen MR) is 71.9 cm³/mol. The summed E-state index contributed by atoms with van der Waals surface area (Å²) in [5.41, 5.74) is 5.90. The van der Waals surface area contributed by atoms with Crippen molar-refractivity contribution in [1.29, 1.82) is 0 Å². The van der Waals surface area contributed by atoms with Crippen LogP contribution in [0.2, 0.25) is 0 Å². The molecule has 3 N–H and O–H groups in total. The third-order valence-corrected chi connectivity index (χ3v) is 2.17. The van der Waals surface area contributed by atoms with Crippen molar-refractivity contribution in [1.82, 2.24) is 5.32 Å². The van der Waals surface area contributed by atoms with Crippen molar-refractivity contribution >= 4 is 18.3 Å². The van der Waals surface area contributed by atoms with Crippen molar-refractivity contribution in [3.8, 4) is 0 Å². The second kappa shape index (κ2) is 8.97. The van der Waals surface area contributed by atoms with Crippen LogP contribution < -0.4 is 11.1 Å². The highest BCUT2D eigenvalue weighted by atomic mass is 35.5. The quantitative estimate of drug-likeness (QED) is 0.743. The fourth-order valence-corrected chi connectivity index (χ4v) is 1.30. The van der Waals surface area contributed by atoms with Crippen molar-refractivity contribution in [3.63, 3.8) is 0 Å². The standard InChI is InChI=1S/C12H20N2O3.ClH/c1-9(2)16-5-3-4-14-12(15)10-6-11(7-13)17-8-10;/h6,8-9H,3-5,7,13H2,1-2H3,(H,14,15);1H. The molecule has 1 amide bonds. The molecular weight excluding hydrogens is 256 g/mol. The van der Waals surface area contributed by atoms with Gasteiger partial charge in [-0.2, -0.15) is 0 Å². The first-order chi connectivity index (χ1) is 8.13. The summed E-state index contributed by atoms with van der Waals surface area (Å²) >= 11 is 0. The first kappa shape index (κ1) is 17.0. The fourth-order valence-electron chi connectivity index (χ4n) is 1.30. The molecule has 0 atom stereocenters. The van der Waals surface area contributed by atoms with Gasteiger partial charge >= 0.3 is 0 Å². The van der Waals surface area contributed by atoms with Gasteiger partial charge in [0.25, 0.3) is 5.91 Å². The highest BCUT2D eigenvalue weighted by Crippen LogP contribution is 2.06. The maximum absolute atomic E-state index is 11.6. The second-order valence-corrected chi connectivity index (χ2v) is 4.03. The van der Waals surface area contributed by atoms with Gasteiger partial charge < -0.3 is 20.2 Å². The summed E-state index contributed by atoms with van der Waals surface area (Å²) in [4.78, 5) is 11.6. The van der Waals surface area contributed by atoms with E-state index in [1.807, 2.05) is 13.8 Å². The molecule has 0 radical (unpaired) electrons. The van der Waals surface area contributed by atoms with Gasteiger partial charge in [-0.05, 0) is 26.3 Å². The molecule has 0 saturated heterocycles. The molecule has 0 bridgehead atoms. The van der Waals surface area contributed by atoms with Gasteiger partial charge in [0.15, 0.2) is 0 Å².